The second kappa shape index (κ2) is 8.57. The van der Waals surface area contributed by atoms with E-state index in [0.29, 0.717) is 17.0 Å². The summed E-state index contributed by atoms with van der Waals surface area (Å²) in [4.78, 5) is 18.5. The molecule has 7 nitrogen and oxygen atoms in total. The first-order valence-electron chi connectivity index (χ1n) is 11.9. The van der Waals surface area contributed by atoms with Crippen LogP contribution >= 0.6 is 11.8 Å². The minimum absolute atomic E-state index is 0.444. The quantitative estimate of drug-likeness (QED) is 0.465. The highest BCUT2D eigenvalue weighted by Gasteiger charge is 2.44. The smallest absolute Gasteiger partial charge is 0.211 e. The number of aromatic nitrogens is 4. The van der Waals surface area contributed by atoms with Gasteiger partial charge in [-0.3, -0.25) is 9.38 Å². The molecule has 0 radical (unpaired) electrons. The third kappa shape index (κ3) is 3.42. The fourth-order valence-corrected chi connectivity index (χ4v) is 6.97. The molecular formula is C26H27N7S. The highest BCUT2D eigenvalue weighted by atomic mass is 32.2. The van der Waals surface area contributed by atoms with Crippen molar-refractivity contribution in [3.8, 4) is 6.07 Å². The summed E-state index contributed by atoms with van der Waals surface area (Å²) in [6, 6.07) is 10.6. The Morgan fingerprint density at radius 3 is 2.79 bits per heavy atom. The Labute approximate surface area is 203 Å². The van der Waals surface area contributed by atoms with Crippen LogP contribution in [0.2, 0.25) is 0 Å². The average Bonchev–Trinajstić information content (AvgIpc) is 3.52. The molecule has 1 aromatic carbocycles. The van der Waals surface area contributed by atoms with Crippen LogP contribution in [0.1, 0.15) is 37.7 Å². The highest BCUT2D eigenvalue weighted by molar-refractivity contribution is 7.99. The number of rotatable bonds is 4. The summed E-state index contributed by atoms with van der Waals surface area (Å²) < 4.78 is 2.12. The lowest BCUT2D eigenvalue weighted by Crippen LogP contribution is -2.48. The Morgan fingerprint density at radius 1 is 1.09 bits per heavy atom. The number of piperidine rings is 1. The van der Waals surface area contributed by atoms with Crippen LogP contribution in [0.25, 0.3) is 16.6 Å². The summed E-state index contributed by atoms with van der Waals surface area (Å²) in [5.41, 5.74) is 2.67. The highest BCUT2D eigenvalue weighted by Crippen LogP contribution is 2.47. The second-order valence-corrected chi connectivity index (χ2v) is 10.4. The Hall–Kier alpha value is -3.15. The van der Waals surface area contributed by atoms with Crippen LogP contribution in [0.15, 0.2) is 58.8 Å². The fourth-order valence-electron chi connectivity index (χ4n) is 5.98. The van der Waals surface area contributed by atoms with E-state index in [-0.39, 0.29) is 0 Å². The SMILES string of the molecule is CN[C@@H]1CCCC12CCN(c1ncc(Sc3ccnc4c(C#N)cccc34)c3nccn13)CC2. The normalized spacial score (nSPS) is 19.8. The molecule has 2 fully saturated rings. The van der Waals surface area contributed by atoms with E-state index >= 15 is 0 Å². The van der Waals surface area contributed by atoms with Gasteiger partial charge in [-0.25, -0.2) is 9.97 Å². The van der Waals surface area contributed by atoms with Gasteiger partial charge in [0.2, 0.25) is 5.95 Å². The maximum atomic E-state index is 9.45. The molecule has 4 aromatic rings. The maximum Gasteiger partial charge on any atom is 0.211 e. The lowest BCUT2D eigenvalue weighted by atomic mass is 9.74. The molecule has 1 aliphatic carbocycles. The van der Waals surface area contributed by atoms with E-state index in [4.69, 9.17) is 4.98 Å². The molecule has 0 amide bonds. The van der Waals surface area contributed by atoms with Crippen LogP contribution < -0.4 is 10.2 Å². The van der Waals surface area contributed by atoms with Crippen LogP contribution in [0, 0.1) is 16.7 Å². The number of pyridine rings is 1. The van der Waals surface area contributed by atoms with Crippen molar-refractivity contribution >= 4 is 34.3 Å². The zero-order valence-corrected chi connectivity index (χ0v) is 20.1. The van der Waals surface area contributed by atoms with E-state index in [1.54, 1.807) is 24.0 Å². The summed E-state index contributed by atoms with van der Waals surface area (Å²) in [5.74, 6) is 0.969. The lowest BCUT2D eigenvalue weighted by Gasteiger charge is -2.43. The molecule has 1 spiro atoms. The molecule has 1 aliphatic heterocycles. The lowest BCUT2D eigenvalue weighted by molar-refractivity contribution is 0.177. The third-order valence-corrected chi connectivity index (χ3v) is 8.83. The summed E-state index contributed by atoms with van der Waals surface area (Å²) in [5, 5.41) is 14.0. The van der Waals surface area contributed by atoms with E-state index in [1.165, 1.54) is 32.1 Å². The first-order valence-corrected chi connectivity index (χ1v) is 12.7. The van der Waals surface area contributed by atoms with Crippen LogP contribution in [0.5, 0.6) is 0 Å². The number of benzene rings is 1. The first kappa shape index (κ1) is 21.4. The Kier molecular flexibility index (Phi) is 5.39. The third-order valence-electron chi connectivity index (χ3n) is 7.74. The topological polar surface area (TPSA) is 82.1 Å². The number of hydrogen-bond acceptors (Lipinski definition) is 7. The molecule has 2 aliphatic rings. The van der Waals surface area contributed by atoms with Gasteiger partial charge in [0.15, 0.2) is 5.65 Å². The van der Waals surface area contributed by atoms with Gasteiger partial charge in [-0.1, -0.05) is 30.3 Å². The standard InChI is InChI=1S/C26H27N7S/c1-28-22-6-3-8-26(22)9-13-32(14-10-26)25-31-17-21(24-30-12-15-33(24)25)34-20-7-11-29-23-18(16-27)4-2-5-19(20)23/h2,4-5,7,11-12,15,17,22,28H,3,6,8-10,13-14H2,1H3/t22-/m1/s1. The van der Waals surface area contributed by atoms with E-state index in [2.05, 4.69) is 37.7 Å². The van der Waals surface area contributed by atoms with Crippen LogP contribution in [0.3, 0.4) is 0 Å². The molecule has 6 rings (SSSR count). The Morgan fingerprint density at radius 2 is 1.97 bits per heavy atom. The van der Waals surface area contributed by atoms with E-state index in [9.17, 15) is 5.26 Å². The van der Waals surface area contributed by atoms with E-state index < -0.39 is 0 Å². The van der Waals surface area contributed by atoms with Gasteiger partial charge in [0, 0.05) is 54.2 Å². The van der Waals surface area contributed by atoms with Crippen molar-refractivity contribution in [3.05, 3.63) is 54.6 Å². The molecular weight excluding hydrogens is 442 g/mol. The molecule has 1 atom stereocenters. The molecule has 34 heavy (non-hydrogen) atoms. The molecule has 4 heterocycles. The number of nitriles is 1. The van der Waals surface area contributed by atoms with Gasteiger partial charge in [-0.15, -0.1) is 0 Å². The van der Waals surface area contributed by atoms with Gasteiger partial charge in [-0.05, 0) is 50.3 Å². The second-order valence-electron chi connectivity index (χ2n) is 9.35. The average molecular weight is 470 g/mol. The van der Waals surface area contributed by atoms with Gasteiger partial charge in [0.05, 0.1) is 16.0 Å². The number of imidazole rings is 1. The van der Waals surface area contributed by atoms with Crippen molar-refractivity contribution < 1.29 is 0 Å². The number of para-hydroxylation sites is 1. The molecule has 1 saturated heterocycles. The number of nitrogens with one attached hydrogen (secondary N) is 1. The molecule has 1 saturated carbocycles. The Bertz CT molecular complexity index is 1400. The minimum Gasteiger partial charge on any atom is -0.342 e. The van der Waals surface area contributed by atoms with Crippen molar-refractivity contribution in [2.75, 3.05) is 25.0 Å². The van der Waals surface area contributed by atoms with Crippen molar-refractivity contribution in [2.45, 2.75) is 47.9 Å². The molecule has 172 valence electrons. The minimum atomic E-state index is 0.444. The molecule has 0 unspecified atom stereocenters. The zero-order valence-electron chi connectivity index (χ0n) is 19.2. The number of hydrogen-bond donors (Lipinski definition) is 1. The van der Waals surface area contributed by atoms with Gasteiger partial charge < -0.3 is 10.2 Å². The molecule has 8 heteroatoms. The van der Waals surface area contributed by atoms with Crippen molar-refractivity contribution in [3.63, 3.8) is 0 Å². The van der Waals surface area contributed by atoms with E-state index in [0.717, 1.165) is 45.4 Å². The summed E-state index contributed by atoms with van der Waals surface area (Å²) >= 11 is 1.62. The monoisotopic (exact) mass is 469 g/mol. The molecule has 3 aromatic heterocycles. The maximum absolute atomic E-state index is 9.45. The summed E-state index contributed by atoms with van der Waals surface area (Å²) in [6.07, 6.45) is 13.9. The predicted octanol–water partition coefficient (Wildman–Crippen LogP) is 4.66. The largest absolute Gasteiger partial charge is 0.342 e. The molecule has 0 bridgehead atoms. The van der Waals surface area contributed by atoms with E-state index in [1.807, 2.05) is 36.8 Å². The van der Waals surface area contributed by atoms with Gasteiger partial charge in [0.25, 0.3) is 0 Å². The molecule has 1 N–H and O–H groups in total. The van der Waals surface area contributed by atoms with Crippen molar-refractivity contribution in [1.29, 1.82) is 5.26 Å². The number of fused-ring (bicyclic) bond motifs is 2. The number of nitrogens with zero attached hydrogens (tertiary/aromatic N) is 6. The zero-order chi connectivity index (χ0) is 23.1. The fraction of sp³-hybridized carbons (Fsp3) is 0.385. The van der Waals surface area contributed by atoms with Crippen molar-refractivity contribution in [1.82, 2.24) is 24.7 Å². The first-order chi connectivity index (χ1) is 16.7. The van der Waals surface area contributed by atoms with Crippen LogP contribution in [-0.2, 0) is 0 Å². The van der Waals surface area contributed by atoms with Crippen LogP contribution in [0.4, 0.5) is 5.95 Å². The van der Waals surface area contributed by atoms with Gasteiger partial charge >= 0.3 is 0 Å². The summed E-state index contributed by atoms with van der Waals surface area (Å²) in [7, 11) is 2.12. The Balaban J connectivity index is 1.30. The number of anilines is 1. The summed E-state index contributed by atoms with van der Waals surface area (Å²) in [6.45, 7) is 2.05. The predicted molar refractivity (Wildman–Crippen MR) is 134 cm³/mol. The van der Waals surface area contributed by atoms with Crippen molar-refractivity contribution in [2.24, 2.45) is 5.41 Å². The van der Waals surface area contributed by atoms with Gasteiger partial charge in [-0.2, -0.15) is 5.26 Å². The van der Waals surface area contributed by atoms with Gasteiger partial charge in [0.1, 0.15) is 6.07 Å². The van der Waals surface area contributed by atoms with Crippen LogP contribution in [-0.4, -0.2) is 45.5 Å².